The standard InChI is InChI=1S/C23H22F2N6/c1-16(19-8-7-18(24)13-20(19)25)29-9-11-30(12-10-29)22-14-21(17-5-3-2-4-6-17)28-23-26-15-27-31(22)23/h2-8,13-16H,9-12H2,1H3. The van der Waals surface area contributed by atoms with Crippen molar-refractivity contribution >= 4 is 11.6 Å². The number of piperazine rings is 1. The smallest absolute Gasteiger partial charge is 0.254 e. The summed E-state index contributed by atoms with van der Waals surface area (Å²) >= 11 is 0. The van der Waals surface area contributed by atoms with Crippen LogP contribution in [0, 0.1) is 11.6 Å². The predicted octanol–water partition coefficient (Wildman–Crippen LogP) is 3.95. The maximum Gasteiger partial charge on any atom is 0.254 e. The van der Waals surface area contributed by atoms with Crippen molar-refractivity contribution in [1.82, 2.24) is 24.5 Å². The third-order valence-corrected chi connectivity index (χ3v) is 5.90. The van der Waals surface area contributed by atoms with Crippen molar-refractivity contribution in [2.24, 2.45) is 0 Å². The van der Waals surface area contributed by atoms with Crippen molar-refractivity contribution in [1.29, 1.82) is 0 Å². The first kappa shape index (κ1) is 19.6. The van der Waals surface area contributed by atoms with Crippen LogP contribution in [-0.4, -0.2) is 50.7 Å². The monoisotopic (exact) mass is 420 g/mol. The van der Waals surface area contributed by atoms with Crippen LogP contribution in [0.2, 0.25) is 0 Å². The van der Waals surface area contributed by atoms with E-state index in [2.05, 4.69) is 24.9 Å². The Morgan fingerprint density at radius 1 is 0.935 bits per heavy atom. The molecule has 0 N–H and O–H groups in total. The molecule has 4 aromatic rings. The average Bonchev–Trinajstić information content (AvgIpc) is 3.28. The van der Waals surface area contributed by atoms with Crippen LogP contribution in [0.5, 0.6) is 0 Å². The second-order valence-electron chi connectivity index (χ2n) is 7.70. The van der Waals surface area contributed by atoms with Gasteiger partial charge in [0, 0.05) is 55.5 Å². The largest absolute Gasteiger partial charge is 0.354 e. The molecule has 31 heavy (non-hydrogen) atoms. The third-order valence-electron chi connectivity index (χ3n) is 5.90. The molecule has 0 radical (unpaired) electrons. The van der Waals surface area contributed by atoms with Gasteiger partial charge < -0.3 is 4.90 Å². The minimum Gasteiger partial charge on any atom is -0.354 e. The van der Waals surface area contributed by atoms with Crippen LogP contribution in [0.1, 0.15) is 18.5 Å². The molecular formula is C23H22F2N6. The van der Waals surface area contributed by atoms with Gasteiger partial charge in [0.1, 0.15) is 23.8 Å². The van der Waals surface area contributed by atoms with E-state index in [1.165, 1.54) is 18.5 Å². The first-order valence-corrected chi connectivity index (χ1v) is 10.3. The summed E-state index contributed by atoms with van der Waals surface area (Å²) in [6.45, 7) is 4.95. The molecule has 1 saturated heterocycles. The number of halogens is 2. The summed E-state index contributed by atoms with van der Waals surface area (Å²) in [5.41, 5.74) is 2.39. The summed E-state index contributed by atoms with van der Waals surface area (Å²) in [4.78, 5) is 13.4. The number of fused-ring (bicyclic) bond motifs is 1. The molecule has 0 spiro atoms. The van der Waals surface area contributed by atoms with Crippen LogP contribution in [-0.2, 0) is 0 Å². The van der Waals surface area contributed by atoms with Gasteiger partial charge in [-0.15, -0.1) is 0 Å². The molecular weight excluding hydrogens is 398 g/mol. The van der Waals surface area contributed by atoms with E-state index in [-0.39, 0.29) is 6.04 Å². The summed E-state index contributed by atoms with van der Waals surface area (Å²) < 4.78 is 29.3. The van der Waals surface area contributed by atoms with Crippen molar-refractivity contribution in [3.63, 3.8) is 0 Å². The van der Waals surface area contributed by atoms with Crippen molar-refractivity contribution in [2.75, 3.05) is 31.1 Å². The van der Waals surface area contributed by atoms with Crippen LogP contribution < -0.4 is 4.90 Å². The van der Waals surface area contributed by atoms with Gasteiger partial charge in [0.15, 0.2) is 0 Å². The Labute approximate surface area is 178 Å². The Hall–Kier alpha value is -3.39. The van der Waals surface area contributed by atoms with Gasteiger partial charge >= 0.3 is 0 Å². The molecule has 158 valence electrons. The first-order chi connectivity index (χ1) is 15.1. The van der Waals surface area contributed by atoms with E-state index < -0.39 is 11.6 Å². The van der Waals surface area contributed by atoms with Gasteiger partial charge in [-0.3, -0.25) is 4.90 Å². The molecule has 2 aromatic carbocycles. The van der Waals surface area contributed by atoms with E-state index >= 15 is 0 Å². The van der Waals surface area contributed by atoms with Gasteiger partial charge in [-0.25, -0.2) is 13.8 Å². The molecule has 1 atom stereocenters. The lowest BCUT2D eigenvalue weighted by Gasteiger charge is -2.39. The van der Waals surface area contributed by atoms with Crippen LogP contribution >= 0.6 is 0 Å². The van der Waals surface area contributed by atoms with E-state index in [1.807, 2.05) is 43.3 Å². The number of nitrogens with zero attached hydrogens (tertiary/aromatic N) is 6. The molecule has 0 amide bonds. The maximum absolute atomic E-state index is 14.2. The van der Waals surface area contributed by atoms with Crippen molar-refractivity contribution in [3.05, 3.63) is 78.1 Å². The number of rotatable bonds is 4. The molecule has 1 aliphatic heterocycles. The highest BCUT2D eigenvalue weighted by molar-refractivity contribution is 5.65. The molecule has 3 heterocycles. The number of aromatic nitrogens is 4. The van der Waals surface area contributed by atoms with Crippen LogP contribution in [0.25, 0.3) is 17.0 Å². The van der Waals surface area contributed by atoms with E-state index in [0.29, 0.717) is 11.3 Å². The number of benzene rings is 2. The van der Waals surface area contributed by atoms with Gasteiger partial charge in [0.05, 0.1) is 5.69 Å². The van der Waals surface area contributed by atoms with Crippen molar-refractivity contribution in [3.8, 4) is 11.3 Å². The highest BCUT2D eigenvalue weighted by atomic mass is 19.1. The van der Waals surface area contributed by atoms with Gasteiger partial charge in [0.25, 0.3) is 5.78 Å². The van der Waals surface area contributed by atoms with Crippen LogP contribution in [0.3, 0.4) is 0 Å². The fraction of sp³-hybridized carbons (Fsp3) is 0.261. The second-order valence-corrected chi connectivity index (χ2v) is 7.70. The molecule has 6 nitrogen and oxygen atoms in total. The molecule has 0 aliphatic carbocycles. The summed E-state index contributed by atoms with van der Waals surface area (Å²) in [6.07, 6.45) is 1.51. The van der Waals surface area contributed by atoms with Crippen molar-refractivity contribution < 1.29 is 8.78 Å². The average molecular weight is 420 g/mol. The van der Waals surface area contributed by atoms with Gasteiger partial charge in [-0.2, -0.15) is 14.6 Å². The van der Waals surface area contributed by atoms with Crippen LogP contribution in [0.4, 0.5) is 14.6 Å². The summed E-state index contributed by atoms with van der Waals surface area (Å²) in [5.74, 6) is 0.435. The third kappa shape index (κ3) is 3.74. The second kappa shape index (κ2) is 8.03. The Balaban J connectivity index is 1.38. The predicted molar refractivity (Wildman–Crippen MR) is 115 cm³/mol. The summed E-state index contributed by atoms with van der Waals surface area (Å²) in [5, 5.41) is 4.35. The van der Waals surface area contributed by atoms with E-state index in [4.69, 9.17) is 0 Å². The molecule has 0 bridgehead atoms. The molecule has 2 aromatic heterocycles. The number of anilines is 1. The Morgan fingerprint density at radius 3 is 2.45 bits per heavy atom. The quantitative estimate of drug-likeness (QED) is 0.500. The number of hydrogen-bond donors (Lipinski definition) is 0. The first-order valence-electron chi connectivity index (χ1n) is 10.3. The lowest BCUT2D eigenvalue weighted by Crippen LogP contribution is -2.47. The minimum atomic E-state index is -0.554. The fourth-order valence-electron chi connectivity index (χ4n) is 4.15. The summed E-state index contributed by atoms with van der Waals surface area (Å²) in [7, 11) is 0. The van der Waals surface area contributed by atoms with E-state index in [9.17, 15) is 8.78 Å². The molecule has 1 fully saturated rings. The Kier molecular flexibility index (Phi) is 5.07. The zero-order valence-electron chi connectivity index (χ0n) is 17.1. The topological polar surface area (TPSA) is 49.6 Å². The molecule has 5 rings (SSSR count). The fourth-order valence-corrected chi connectivity index (χ4v) is 4.15. The minimum absolute atomic E-state index is 0.133. The maximum atomic E-state index is 14.2. The number of hydrogen-bond acceptors (Lipinski definition) is 5. The van der Waals surface area contributed by atoms with Gasteiger partial charge in [0.2, 0.25) is 0 Å². The molecule has 8 heteroatoms. The zero-order valence-corrected chi connectivity index (χ0v) is 17.1. The molecule has 1 unspecified atom stereocenters. The lowest BCUT2D eigenvalue weighted by molar-refractivity contribution is 0.194. The van der Waals surface area contributed by atoms with Crippen LogP contribution in [0.15, 0.2) is 60.9 Å². The molecule has 1 aliphatic rings. The van der Waals surface area contributed by atoms with E-state index in [1.54, 1.807) is 4.52 Å². The Morgan fingerprint density at radius 2 is 1.71 bits per heavy atom. The van der Waals surface area contributed by atoms with Gasteiger partial charge in [-0.1, -0.05) is 36.4 Å². The molecule has 0 saturated carbocycles. The zero-order chi connectivity index (χ0) is 21.4. The Bertz CT molecular complexity index is 1200. The lowest BCUT2D eigenvalue weighted by atomic mass is 10.1. The highest BCUT2D eigenvalue weighted by Crippen LogP contribution is 2.28. The highest BCUT2D eigenvalue weighted by Gasteiger charge is 2.26. The van der Waals surface area contributed by atoms with Gasteiger partial charge in [-0.05, 0) is 13.0 Å². The summed E-state index contributed by atoms with van der Waals surface area (Å²) in [6, 6.07) is 15.7. The normalized spacial score (nSPS) is 16.0. The van der Waals surface area contributed by atoms with E-state index in [0.717, 1.165) is 49.3 Å². The SMILES string of the molecule is CC(c1ccc(F)cc1F)N1CCN(c2cc(-c3ccccc3)nc3ncnn23)CC1. The van der Waals surface area contributed by atoms with Crippen molar-refractivity contribution in [2.45, 2.75) is 13.0 Å².